The van der Waals surface area contributed by atoms with Crippen LogP contribution in [0.5, 0.6) is 0 Å². The second-order valence-electron chi connectivity index (χ2n) is 5.14. The quantitative estimate of drug-likeness (QED) is 0.796. The number of carbonyl (C=O) groups is 1. The molecule has 0 N–H and O–H groups in total. The molecule has 5 heteroatoms. The van der Waals surface area contributed by atoms with Crippen molar-refractivity contribution in [2.75, 3.05) is 13.6 Å². The van der Waals surface area contributed by atoms with Gasteiger partial charge in [-0.1, -0.05) is 18.2 Å². The molecule has 0 unspecified atom stereocenters. The number of hydrogen-bond acceptors (Lipinski definition) is 3. The van der Waals surface area contributed by atoms with Crippen molar-refractivity contribution in [1.82, 2.24) is 14.7 Å². The van der Waals surface area contributed by atoms with Crippen molar-refractivity contribution >= 4 is 12.0 Å². The van der Waals surface area contributed by atoms with E-state index in [2.05, 4.69) is 11.2 Å². The van der Waals surface area contributed by atoms with Crippen molar-refractivity contribution in [3.05, 3.63) is 54.4 Å². The van der Waals surface area contributed by atoms with Gasteiger partial charge in [-0.05, 0) is 25.1 Å². The molecule has 0 aliphatic rings. The first-order valence-corrected chi connectivity index (χ1v) is 7.03. The van der Waals surface area contributed by atoms with E-state index in [-0.39, 0.29) is 11.8 Å². The topological polar surface area (TPSA) is 61.9 Å². The summed E-state index contributed by atoms with van der Waals surface area (Å²) in [6, 6.07) is 11.9. The Bertz CT molecular complexity index is 697. The molecule has 1 heterocycles. The monoisotopic (exact) mass is 294 g/mol. The summed E-state index contributed by atoms with van der Waals surface area (Å²) in [5.41, 5.74) is 1.81. The molecular formula is C17H18N4O. The van der Waals surface area contributed by atoms with Crippen LogP contribution in [-0.2, 0) is 4.79 Å². The largest absolute Gasteiger partial charge is 0.341 e. The van der Waals surface area contributed by atoms with Crippen LogP contribution in [0, 0.1) is 17.2 Å². The highest BCUT2D eigenvalue weighted by atomic mass is 16.2. The van der Waals surface area contributed by atoms with Crippen LogP contribution in [0.2, 0.25) is 0 Å². The van der Waals surface area contributed by atoms with Crippen molar-refractivity contribution in [3.8, 4) is 11.8 Å². The fourth-order valence-corrected chi connectivity index (χ4v) is 1.98. The Morgan fingerprint density at radius 1 is 1.45 bits per heavy atom. The lowest BCUT2D eigenvalue weighted by Gasteiger charge is -2.15. The molecule has 112 valence electrons. The Balaban J connectivity index is 2.01. The molecule has 1 aromatic heterocycles. The molecule has 0 bridgehead atoms. The summed E-state index contributed by atoms with van der Waals surface area (Å²) in [5, 5.41) is 13.0. The Morgan fingerprint density at radius 3 is 2.86 bits per heavy atom. The highest BCUT2D eigenvalue weighted by molar-refractivity contribution is 5.91. The second-order valence-corrected chi connectivity index (χ2v) is 5.14. The number of nitrogens with zero attached hydrogens (tertiary/aromatic N) is 4. The molecule has 0 saturated carbocycles. The molecule has 0 fully saturated rings. The van der Waals surface area contributed by atoms with E-state index < -0.39 is 0 Å². The lowest BCUT2D eigenvalue weighted by molar-refractivity contribution is -0.125. The summed E-state index contributed by atoms with van der Waals surface area (Å²) >= 11 is 0. The first kappa shape index (κ1) is 15.5. The van der Waals surface area contributed by atoms with E-state index in [1.54, 1.807) is 30.9 Å². The maximum absolute atomic E-state index is 11.9. The third-order valence-corrected chi connectivity index (χ3v) is 3.19. The molecule has 0 spiro atoms. The first-order valence-electron chi connectivity index (χ1n) is 7.03. The van der Waals surface area contributed by atoms with Crippen molar-refractivity contribution in [2.24, 2.45) is 5.92 Å². The normalized spacial score (nSPS) is 12.0. The maximum Gasteiger partial charge on any atom is 0.246 e. The average Bonchev–Trinajstić information content (AvgIpc) is 3.02. The van der Waals surface area contributed by atoms with Gasteiger partial charge in [0.2, 0.25) is 5.91 Å². The number of aromatic nitrogens is 2. The lowest BCUT2D eigenvalue weighted by atomic mass is 10.2. The van der Waals surface area contributed by atoms with Crippen molar-refractivity contribution < 1.29 is 4.79 Å². The standard InChI is InChI=1S/C17H18N4O/c1-14(10-18)12-20(2)17(22)9-8-15-11-19-21(13-15)16-6-4-3-5-7-16/h3-9,11,13-14H,12H2,1-2H3/b9-8-/t14-/m0/s1. The highest BCUT2D eigenvalue weighted by Gasteiger charge is 2.09. The number of rotatable bonds is 5. The molecule has 5 nitrogen and oxygen atoms in total. The molecule has 1 amide bonds. The van der Waals surface area contributed by atoms with Gasteiger partial charge in [0.1, 0.15) is 0 Å². The zero-order valence-electron chi connectivity index (χ0n) is 12.7. The predicted octanol–water partition coefficient (Wildman–Crippen LogP) is 2.50. The number of amides is 1. The average molecular weight is 294 g/mol. The van der Waals surface area contributed by atoms with E-state index in [0.29, 0.717) is 6.54 Å². The Morgan fingerprint density at radius 2 is 2.18 bits per heavy atom. The summed E-state index contributed by atoms with van der Waals surface area (Å²) in [4.78, 5) is 13.5. The third-order valence-electron chi connectivity index (χ3n) is 3.19. The van der Waals surface area contributed by atoms with E-state index in [0.717, 1.165) is 11.3 Å². The van der Waals surface area contributed by atoms with Crippen molar-refractivity contribution in [3.63, 3.8) is 0 Å². The van der Waals surface area contributed by atoms with Crippen LogP contribution in [0.15, 0.2) is 48.8 Å². The lowest BCUT2D eigenvalue weighted by Crippen LogP contribution is -2.29. The zero-order chi connectivity index (χ0) is 15.9. The molecule has 1 atom stereocenters. The minimum absolute atomic E-state index is 0.130. The number of carbonyl (C=O) groups excluding carboxylic acids is 1. The molecule has 22 heavy (non-hydrogen) atoms. The highest BCUT2D eigenvalue weighted by Crippen LogP contribution is 2.09. The van der Waals surface area contributed by atoms with Crippen LogP contribution in [0.1, 0.15) is 12.5 Å². The molecule has 0 radical (unpaired) electrons. The molecule has 1 aromatic carbocycles. The van der Waals surface area contributed by atoms with Gasteiger partial charge in [0.15, 0.2) is 0 Å². The maximum atomic E-state index is 11.9. The zero-order valence-corrected chi connectivity index (χ0v) is 12.7. The van der Waals surface area contributed by atoms with E-state index in [9.17, 15) is 4.79 Å². The second kappa shape index (κ2) is 7.23. The van der Waals surface area contributed by atoms with Gasteiger partial charge in [-0.3, -0.25) is 4.79 Å². The van der Waals surface area contributed by atoms with Gasteiger partial charge in [-0.25, -0.2) is 4.68 Å². The fraction of sp³-hybridized carbons (Fsp3) is 0.235. The Kier molecular flexibility index (Phi) is 5.10. The van der Waals surface area contributed by atoms with Gasteiger partial charge in [0, 0.05) is 31.4 Å². The van der Waals surface area contributed by atoms with E-state index in [1.807, 2.05) is 36.5 Å². The summed E-state index contributed by atoms with van der Waals surface area (Å²) < 4.78 is 1.76. The number of para-hydroxylation sites is 1. The first-order chi connectivity index (χ1) is 10.6. The summed E-state index contributed by atoms with van der Waals surface area (Å²) in [7, 11) is 1.69. The number of nitriles is 1. The SMILES string of the molecule is C[C@@H](C#N)CN(C)C(=O)/C=C\c1cnn(-c2ccccc2)c1. The van der Waals surface area contributed by atoms with Gasteiger partial charge in [0.25, 0.3) is 0 Å². The molecular weight excluding hydrogens is 276 g/mol. The van der Waals surface area contributed by atoms with Crippen LogP contribution >= 0.6 is 0 Å². The number of hydrogen-bond donors (Lipinski definition) is 0. The summed E-state index contributed by atoms with van der Waals surface area (Å²) in [5.74, 6) is -0.308. The van der Waals surface area contributed by atoms with Gasteiger partial charge in [-0.15, -0.1) is 0 Å². The van der Waals surface area contributed by atoms with E-state index >= 15 is 0 Å². The van der Waals surface area contributed by atoms with Crippen LogP contribution in [0.25, 0.3) is 11.8 Å². The smallest absolute Gasteiger partial charge is 0.246 e. The van der Waals surface area contributed by atoms with Crippen LogP contribution in [0.4, 0.5) is 0 Å². The molecule has 0 aliphatic heterocycles. The van der Waals surface area contributed by atoms with Gasteiger partial charge < -0.3 is 4.90 Å². The van der Waals surface area contributed by atoms with Gasteiger partial charge in [-0.2, -0.15) is 10.4 Å². The number of likely N-dealkylation sites (N-methyl/N-ethyl adjacent to an activating group) is 1. The van der Waals surface area contributed by atoms with Crippen molar-refractivity contribution in [2.45, 2.75) is 6.92 Å². The Labute approximate surface area is 130 Å². The molecule has 0 aliphatic carbocycles. The van der Waals surface area contributed by atoms with Crippen LogP contribution < -0.4 is 0 Å². The molecule has 2 rings (SSSR count). The minimum atomic E-state index is -0.178. The van der Waals surface area contributed by atoms with Crippen molar-refractivity contribution in [1.29, 1.82) is 5.26 Å². The minimum Gasteiger partial charge on any atom is -0.341 e. The molecule has 2 aromatic rings. The van der Waals surface area contributed by atoms with Gasteiger partial charge >= 0.3 is 0 Å². The van der Waals surface area contributed by atoms with Crippen LogP contribution in [-0.4, -0.2) is 34.2 Å². The number of benzene rings is 1. The van der Waals surface area contributed by atoms with Gasteiger partial charge in [0.05, 0.1) is 23.9 Å². The predicted molar refractivity (Wildman–Crippen MR) is 85.0 cm³/mol. The summed E-state index contributed by atoms with van der Waals surface area (Å²) in [6.45, 7) is 2.21. The third kappa shape index (κ3) is 4.06. The fourth-order valence-electron chi connectivity index (χ4n) is 1.98. The molecule has 0 saturated heterocycles. The van der Waals surface area contributed by atoms with Crippen LogP contribution in [0.3, 0.4) is 0 Å². The Hall–Kier alpha value is -2.87. The van der Waals surface area contributed by atoms with E-state index in [4.69, 9.17) is 5.26 Å². The summed E-state index contributed by atoms with van der Waals surface area (Å²) in [6.07, 6.45) is 6.78. The van der Waals surface area contributed by atoms with E-state index in [1.165, 1.54) is 11.0 Å².